The first-order valence-electron chi connectivity index (χ1n) is 9.60. The molecule has 3 aromatic rings. The molecule has 1 N–H and O–H groups in total. The number of ether oxygens (including phenoxy) is 1. The molecule has 0 saturated carbocycles. The third-order valence-electron chi connectivity index (χ3n) is 4.70. The monoisotopic (exact) mass is 458 g/mol. The minimum Gasteiger partial charge on any atom is -0.491 e. The average Bonchev–Trinajstić information content (AvgIpc) is 2.77. The van der Waals surface area contributed by atoms with Gasteiger partial charge >= 0.3 is 0 Å². The molecule has 6 nitrogen and oxygen atoms in total. The summed E-state index contributed by atoms with van der Waals surface area (Å²) in [6.45, 7) is 2.65. The van der Waals surface area contributed by atoms with Crippen molar-refractivity contribution >= 4 is 33.2 Å². The second-order valence-electron chi connectivity index (χ2n) is 6.84. The lowest BCUT2D eigenvalue weighted by Gasteiger charge is -2.20. The maximum absolute atomic E-state index is 12.8. The highest BCUT2D eigenvalue weighted by molar-refractivity contribution is 7.92. The molecule has 0 aliphatic carbocycles. The van der Waals surface area contributed by atoms with E-state index in [1.54, 1.807) is 24.3 Å². The first-order chi connectivity index (χ1) is 14.8. The van der Waals surface area contributed by atoms with Gasteiger partial charge in [0.15, 0.2) is 0 Å². The van der Waals surface area contributed by atoms with Gasteiger partial charge in [-0.1, -0.05) is 29.8 Å². The number of rotatable bonds is 8. The van der Waals surface area contributed by atoms with Crippen molar-refractivity contribution in [2.24, 2.45) is 0 Å². The number of amides is 1. The molecule has 0 radical (unpaired) electrons. The molecule has 0 unspecified atom stereocenters. The van der Waals surface area contributed by atoms with E-state index in [9.17, 15) is 13.2 Å². The van der Waals surface area contributed by atoms with Crippen molar-refractivity contribution in [1.29, 1.82) is 0 Å². The van der Waals surface area contributed by atoms with Crippen molar-refractivity contribution < 1.29 is 17.9 Å². The molecular formula is C23H23ClN2O4S. The number of aryl methyl sites for hydroxylation is 1. The quantitative estimate of drug-likeness (QED) is 0.511. The fourth-order valence-corrected chi connectivity index (χ4v) is 4.19. The van der Waals surface area contributed by atoms with E-state index in [2.05, 4.69) is 5.32 Å². The summed E-state index contributed by atoms with van der Waals surface area (Å²) in [6, 6.07) is 20.0. The number of para-hydroxylation sites is 1. The summed E-state index contributed by atoms with van der Waals surface area (Å²) in [4.78, 5) is 12.5. The number of sulfonamides is 1. The predicted molar refractivity (Wildman–Crippen MR) is 122 cm³/mol. The number of carbonyl (C=O) groups is 1. The van der Waals surface area contributed by atoms with E-state index in [-0.39, 0.29) is 10.8 Å². The van der Waals surface area contributed by atoms with Gasteiger partial charge in [0.25, 0.3) is 15.9 Å². The lowest BCUT2D eigenvalue weighted by Crippen LogP contribution is -2.28. The van der Waals surface area contributed by atoms with Gasteiger partial charge in [-0.25, -0.2) is 8.42 Å². The molecule has 0 spiro atoms. The van der Waals surface area contributed by atoms with Gasteiger partial charge in [0.1, 0.15) is 12.4 Å². The number of hydrogen-bond donors (Lipinski definition) is 1. The smallest absolute Gasteiger partial charge is 0.264 e. The first-order valence-corrected chi connectivity index (χ1v) is 11.4. The minimum absolute atomic E-state index is 0.134. The zero-order valence-corrected chi connectivity index (χ0v) is 18.8. The summed E-state index contributed by atoms with van der Waals surface area (Å²) in [7, 11) is -2.27. The van der Waals surface area contributed by atoms with Crippen LogP contribution in [0, 0.1) is 6.92 Å². The van der Waals surface area contributed by atoms with Gasteiger partial charge in [0.05, 0.1) is 17.1 Å². The zero-order chi connectivity index (χ0) is 22.4. The SMILES string of the molecule is Cc1ccccc1OCCNC(=O)c1ccc(N(C)S(=O)(=O)c2ccc(Cl)cc2)cc1. The predicted octanol–water partition coefficient (Wildman–Crippen LogP) is 4.28. The molecule has 1 amide bonds. The summed E-state index contributed by atoms with van der Waals surface area (Å²) in [6.07, 6.45) is 0. The van der Waals surface area contributed by atoms with E-state index in [0.29, 0.717) is 29.4 Å². The Balaban J connectivity index is 1.58. The molecule has 0 atom stereocenters. The Hall–Kier alpha value is -3.03. The van der Waals surface area contributed by atoms with E-state index >= 15 is 0 Å². The van der Waals surface area contributed by atoms with E-state index in [4.69, 9.17) is 16.3 Å². The van der Waals surface area contributed by atoms with Gasteiger partial charge in [-0.3, -0.25) is 9.10 Å². The van der Waals surface area contributed by atoms with Crippen LogP contribution in [0.4, 0.5) is 5.69 Å². The Bertz CT molecular complexity index is 1150. The molecule has 3 rings (SSSR count). The Labute approximate surface area is 187 Å². The van der Waals surface area contributed by atoms with Crippen LogP contribution >= 0.6 is 11.6 Å². The van der Waals surface area contributed by atoms with Crippen LogP contribution in [0.2, 0.25) is 5.02 Å². The van der Waals surface area contributed by atoms with Crippen LogP contribution in [0.1, 0.15) is 15.9 Å². The number of nitrogens with zero attached hydrogens (tertiary/aromatic N) is 1. The van der Waals surface area contributed by atoms with Crippen molar-refractivity contribution in [3.8, 4) is 5.75 Å². The van der Waals surface area contributed by atoms with Crippen LogP contribution in [-0.4, -0.2) is 34.5 Å². The van der Waals surface area contributed by atoms with Crippen LogP contribution < -0.4 is 14.4 Å². The summed E-state index contributed by atoms with van der Waals surface area (Å²) in [5.74, 6) is 0.522. The van der Waals surface area contributed by atoms with Gasteiger partial charge in [0.2, 0.25) is 0 Å². The molecule has 0 bridgehead atoms. The van der Waals surface area contributed by atoms with E-state index < -0.39 is 10.0 Å². The zero-order valence-electron chi connectivity index (χ0n) is 17.2. The maximum Gasteiger partial charge on any atom is 0.264 e. The first kappa shape index (κ1) is 22.7. The van der Waals surface area contributed by atoms with Crippen molar-refractivity contribution in [3.05, 3.63) is 88.9 Å². The molecule has 8 heteroatoms. The summed E-state index contributed by atoms with van der Waals surface area (Å²) < 4.78 is 32.4. The Morgan fingerprint density at radius 1 is 1.00 bits per heavy atom. The van der Waals surface area contributed by atoms with Gasteiger partial charge in [-0.15, -0.1) is 0 Å². The highest BCUT2D eigenvalue weighted by Gasteiger charge is 2.21. The largest absolute Gasteiger partial charge is 0.491 e. The van der Waals surface area contributed by atoms with Crippen molar-refractivity contribution in [2.45, 2.75) is 11.8 Å². The van der Waals surface area contributed by atoms with Crippen LogP contribution in [0.5, 0.6) is 5.75 Å². The Kier molecular flexibility index (Phi) is 7.20. The highest BCUT2D eigenvalue weighted by Crippen LogP contribution is 2.23. The number of benzene rings is 3. The van der Waals surface area contributed by atoms with Gasteiger partial charge in [0, 0.05) is 17.6 Å². The number of hydrogen-bond acceptors (Lipinski definition) is 4. The minimum atomic E-state index is -3.73. The molecule has 0 aliphatic heterocycles. The second-order valence-corrected chi connectivity index (χ2v) is 9.25. The van der Waals surface area contributed by atoms with Gasteiger partial charge < -0.3 is 10.1 Å². The normalized spacial score (nSPS) is 11.1. The number of carbonyl (C=O) groups excluding carboxylic acids is 1. The summed E-state index contributed by atoms with van der Waals surface area (Å²) >= 11 is 5.83. The molecule has 162 valence electrons. The highest BCUT2D eigenvalue weighted by atomic mass is 35.5. The maximum atomic E-state index is 12.8. The van der Waals surface area contributed by atoms with Crippen molar-refractivity contribution in [2.75, 3.05) is 24.5 Å². The molecular weight excluding hydrogens is 436 g/mol. The van der Waals surface area contributed by atoms with E-state index in [0.717, 1.165) is 15.6 Å². The standard InChI is InChI=1S/C23H23ClN2O4S/c1-17-5-3-4-6-22(17)30-16-15-25-23(27)18-7-11-20(12-8-18)26(2)31(28,29)21-13-9-19(24)10-14-21/h3-14H,15-16H2,1-2H3,(H,25,27). The lowest BCUT2D eigenvalue weighted by molar-refractivity contribution is 0.0947. The Morgan fingerprint density at radius 3 is 2.29 bits per heavy atom. The summed E-state index contributed by atoms with van der Waals surface area (Å²) in [5.41, 5.74) is 1.90. The molecule has 0 aliphatic rings. The fraction of sp³-hybridized carbons (Fsp3) is 0.174. The number of nitrogens with one attached hydrogen (secondary N) is 1. The second kappa shape index (κ2) is 9.85. The van der Waals surface area contributed by atoms with Crippen molar-refractivity contribution in [1.82, 2.24) is 5.32 Å². The van der Waals surface area contributed by atoms with Crippen LogP contribution in [-0.2, 0) is 10.0 Å². The van der Waals surface area contributed by atoms with E-state index in [1.165, 1.54) is 31.3 Å². The van der Waals surface area contributed by atoms with Gasteiger partial charge in [-0.2, -0.15) is 0 Å². The number of halogens is 1. The molecule has 31 heavy (non-hydrogen) atoms. The Morgan fingerprint density at radius 2 is 1.65 bits per heavy atom. The molecule has 0 aromatic heterocycles. The summed E-state index contributed by atoms with van der Waals surface area (Å²) in [5, 5.41) is 3.25. The topological polar surface area (TPSA) is 75.7 Å². The number of anilines is 1. The molecule has 0 saturated heterocycles. The lowest BCUT2D eigenvalue weighted by atomic mass is 10.2. The molecule has 3 aromatic carbocycles. The third-order valence-corrected chi connectivity index (χ3v) is 6.76. The van der Waals surface area contributed by atoms with Crippen molar-refractivity contribution in [3.63, 3.8) is 0 Å². The fourth-order valence-electron chi connectivity index (χ4n) is 2.87. The van der Waals surface area contributed by atoms with Crippen LogP contribution in [0.15, 0.2) is 77.7 Å². The third kappa shape index (κ3) is 5.57. The van der Waals surface area contributed by atoms with Gasteiger partial charge in [-0.05, 0) is 67.1 Å². The average molecular weight is 459 g/mol. The van der Waals surface area contributed by atoms with Crippen LogP contribution in [0.3, 0.4) is 0 Å². The molecule has 0 fully saturated rings. The van der Waals surface area contributed by atoms with E-state index in [1.807, 2.05) is 31.2 Å². The van der Waals surface area contributed by atoms with Crippen LogP contribution in [0.25, 0.3) is 0 Å². The molecule has 0 heterocycles.